The Morgan fingerprint density at radius 1 is 1.38 bits per heavy atom. The van der Waals surface area contributed by atoms with Crippen LogP contribution in [0.25, 0.3) is 0 Å². The van der Waals surface area contributed by atoms with Gasteiger partial charge in [-0.2, -0.15) is 4.39 Å². The molecule has 2 N–H and O–H groups in total. The van der Waals surface area contributed by atoms with Crippen molar-refractivity contribution in [3.05, 3.63) is 32.9 Å². The largest absolute Gasteiger partial charge is 0.414 e. The molecule has 24 heavy (non-hydrogen) atoms. The second-order valence-electron chi connectivity index (χ2n) is 6.13. The van der Waals surface area contributed by atoms with E-state index in [4.69, 9.17) is 9.16 Å². The van der Waals surface area contributed by atoms with Crippen LogP contribution in [0.1, 0.15) is 33.4 Å². The molecule has 0 spiro atoms. The molecule has 1 aliphatic rings. The van der Waals surface area contributed by atoms with E-state index in [9.17, 15) is 19.1 Å². The van der Waals surface area contributed by atoms with Crippen LogP contribution in [0.4, 0.5) is 4.39 Å². The summed E-state index contributed by atoms with van der Waals surface area (Å²) in [6.07, 6.45) is -1.26. The second-order valence-corrected chi connectivity index (χ2v) is 10.9. The molecule has 1 fully saturated rings. The molecule has 0 aliphatic carbocycles. The summed E-state index contributed by atoms with van der Waals surface area (Å²) >= 11 is 0. The van der Waals surface area contributed by atoms with Crippen LogP contribution in [0.2, 0.25) is 18.1 Å². The summed E-state index contributed by atoms with van der Waals surface area (Å²) in [7, 11) is -1.81. The van der Waals surface area contributed by atoms with E-state index < -0.39 is 43.8 Å². The lowest BCUT2D eigenvalue weighted by molar-refractivity contribution is -0.0432. The first-order chi connectivity index (χ1) is 11.4. The summed E-state index contributed by atoms with van der Waals surface area (Å²) < 4.78 is 26.2. The van der Waals surface area contributed by atoms with Crippen molar-refractivity contribution in [2.45, 2.75) is 63.8 Å². The molecule has 1 aromatic heterocycles. The maximum Gasteiger partial charge on any atom is 0.330 e. The van der Waals surface area contributed by atoms with Crippen molar-refractivity contribution in [1.29, 1.82) is 0 Å². The quantitative estimate of drug-likeness (QED) is 0.716. The minimum absolute atomic E-state index is 0.137. The van der Waals surface area contributed by atoms with Gasteiger partial charge in [-0.3, -0.25) is 14.3 Å². The van der Waals surface area contributed by atoms with E-state index >= 15 is 0 Å². The molecule has 0 radical (unpaired) electrons. The van der Waals surface area contributed by atoms with Crippen molar-refractivity contribution in [2.75, 3.05) is 6.61 Å². The van der Waals surface area contributed by atoms with Crippen LogP contribution in [0.3, 0.4) is 0 Å². The Kier molecular flexibility index (Phi) is 6.13. The first kappa shape index (κ1) is 19.0. The normalized spacial score (nSPS) is 24.5. The van der Waals surface area contributed by atoms with Crippen molar-refractivity contribution >= 4 is 8.32 Å². The predicted octanol–water partition coefficient (Wildman–Crippen LogP) is 1.35. The third-order valence-corrected chi connectivity index (χ3v) is 9.57. The van der Waals surface area contributed by atoms with Gasteiger partial charge < -0.3 is 14.3 Å². The molecule has 0 saturated carbocycles. The summed E-state index contributed by atoms with van der Waals surface area (Å²) in [5.41, 5.74) is -1.83. The van der Waals surface area contributed by atoms with Crippen molar-refractivity contribution < 1.29 is 18.7 Å². The van der Waals surface area contributed by atoms with E-state index in [1.54, 1.807) is 0 Å². The van der Waals surface area contributed by atoms with Gasteiger partial charge in [-0.05, 0) is 18.1 Å². The molecule has 3 atom stereocenters. The van der Waals surface area contributed by atoms with Crippen molar-refractivity contribution in [1.82, 2.24) is 9.55 Å². The molecule has 7 nitrogen and oxygen atoms in total. The van der Waals surface area contributed by atoms with Crippen LogP contribution < -0.4 is 11.2 Å². The smallest absolute Gasteiger partial charge is 0.330 e. The van der Waals surface area contributed by atoms with Crippen molar-refractivity contribution in [2.24, 2.45) is 0 Å². The highest BCUT2D eigenvalue weighted by molar-refractivity contribution is 6.73. The summed E-state index contributed by atoms with van der Waals surface area (Å²) in [6, 6.07) is 2.95. The molecule has 1 aromatic rings. The topological polar surface area (TPSA) is 93.5 Å². The van der Waals surface area contributed by atoms with E-state index in [-0.39, 0.29) is 13.0 Å². The monoisotopic (exact) mass is 360 g/mol. The zero-order chi connectivity index (χ0) is 17.9. The first-order valence-electron chi connectivity index (χ1n) is 8.34. The number of halogens is 1. The Morgan fingerprint density at radius 2 is 2.00 bits per heavy atom. The standard InChI is InChI=1S/C15H25FN2O5Si/c1-4-24(5-2,6-3)22-9-12-11(19)7-13(23-12)18-8-10(16)14(20)17-15(18)21/h8,11-13,19H,4-7,9H2,1-3H3,(H,17,20,21)/t11-,12+,13+/m0/s1. The molecule has 0 unspecified atom stereocenters. The van der Waals surface area contributed by atoms with Gasteiger partial charge in [0.2, 0.25) is 5.82 Å². The lowest BCUT2D eigenvalue weighted by atomic mass is 10.2. The average Bonchev–Trinajstić information content (AvgIpc) is 2.93. The van der Waals surface area contributed by atoms with Crippen LogP contribution in [0, 0.1) is 5.82 Å². The fraction of sp³-hybridized carbons (Fsp3) is 0.733. The SMILES string of the molecule is CC[Si](CC)(CC)OC[C@H]1O[C@@H](n2cc(F)c(=O)[nH]c2=O)C[C@@H]1O. The Bertz CT molecular complexity index is 664. The highest BCUT2D eigenvalue weighted by atomic mass is 28.4. The zero-order valence-electron chi connectivity index (χ0n) is 14.3. The van der Waals surface area contributed by atoms with Gasteiger partial charge in [0.1, 0.15) is 12.3 Å². The number of aliphatic hydroxyl groups excluding tert-OH is 1. The molecule has 1 aliphatic heterocycles. The van der Waals surface area contributed by atoms with E-state index in [1.807, 2.05) is 4.98 Å². The number of ether oxygens (including phenoxy) is 1. The van der Waals surface area contributed by atoms with Crippen molar-refractivity contribution in [3.63, 3.8) is 0 Å². The number of hydrogen-bond donors (Lipinski definition) is 2. The second kappa shape index (κ2) is 7.73. The number of rotatable bonds is 7. The number of aromatic nitrogens is 2. The van der Waals surface area contributed by atoms with E-state index in [1.165, 1.54) is 0 Å². The number of nitrogens with zero attached hydrogens (tertiary/aromatic N) is 1. The maximum atomic E-state index is 13.4. The molecule has 0 bridgehead atoms. The molecule has 9 heteroatoms. The van der Waals surface area contributed by atoms with Gasteiger partial charge in [0.05, 0.1) is 18.9 Å². The number of hydrogen-bond acceptors (Lipinski definition) is 5. The lowest BCUT2D eigenvalue weighted by Gasteiger charge is -2.30. The number of aromatic amines is 1. The lowest BCUT2D eigenvalue weighted by Crippen LogP contribution is -2.40. The zero-order valence-corrected chi connectivity index (χ0v) is 15.3. The van der Waals surface area contributed by atoms with Gasteiger partial charge in [0.15, 0.2) is 8.32 Å². The van der Waals surface area contributed by atoms with E-state index in [0.717, 1.165) is 28.9 Å². The third kappa shape index (κ3) is 3.85. The summed E-state index contributed by atoms with van der Waals surface area (Å²) in [5.74, 6) is -1.07. The minimum atomic E-state index is -1.81. The highest BCUT2D eigenvalue weighted by Gasteiger charge is 2.38. The Labute approximate surface area is 140 Å². The van der Waals surface area contributed by atoms with Gasteiger partial charge >= 0.3 is 5.69 Å². The van der Waals surface area contributed by atoms with E-state index in [2.05, 4.69) is 20.8 Å². The predicted molar refractivity (Wildman–Crippen MR) is 89.0 cm³/mol. The third-order valence-electron chi connectivity index (χ3n) is 4.93. The molecule has 136 valence electrons. The Morgan fingerprint density at radius 3 is 2.58 bits per heavy atom. The fourth-order valence-corrected chi connectivity index (χ4v) is 5.66. The Hall–Kier alpha value is -1.29. The van der Waals surface area contributed by atoms with Crippen LogP contribution >= 0.6 is 0 Å². The van der Waals surface area contributed by atoms with Gasteiger partial charge in [-0.25, -0.2) is 4.79 Å². The average molecular weight is 360 g/mol. The van der Waals surface area contributed by atoms with Gasteiger partial charge in [0, 0.05) is 6.42 Å². The molecule has 2 heterocycles. The summed E-state index contributed by atoms with van der Waals surface area (Å²) in [5, 5.41) is 10.2. The molecule has 2 rings (SSSR count). The minimum Gasteiger partial charge on any atom is -0.414 e. The van der Waals surface area contributed by atoms with E-state index in [0.29, 0.717) is 0 Å². The van der Waals surface area contributed by atoms with Gasteiger partial charge in [-0.15, -0.1) is 0 Å². The molecule has 1 saturated heterocycles. The summed E-state index contributed by atoms with van der Waals surface area (Å²) in [4.78, 5) is 24.8. The van der Waals surface area contributed by atoms with Crippen LogP contribution in [0.5, 0.6) is 0 Å². The van der Waals surface area contributed by atoms with Crippen LogP contribution in [-0.4, -0.2) is 41.8 Å². The fourth-order valence-electron chi connectivity index (χ4n) is 3.03. The molecular weight excluding hydrogens is 335 g/mol. The summed E-state index contributed by atoms with van der Waals surface area (Å²) in [6.45, 7) is 6.57. The molecular formula is C15H25FN2O5Si. The first-order valence-corrected chi connectivity index (χ1v) is 10.9. The number of aliphatic hydroxyl groups is 1. The Balaban J connectivity index is 2.09. The van der Waals surface area contributed by atoms with Gasteiger partial charge in [-0.1, -0.05) is 20.8 Å². The maximum absolute atomic E-state index is 13.4. The highest BCUT2D eigenvalue weighted by Crippen LogP contribution is 2.30. The number of nitrogens with one attached hydrogen (secondary N) is 1. The van der Waals surface area contributed by atoms with Crippen LogP contribution in [0.15, 0.2) is 15.8 Å². The van der Waals surface area contributed by atoms with Crippen LogP contribution in [-0.2, 0) is 9.16 Å². The van der Waals surface area contributed by atoms with Crippen molar-refractivity contribution in [3.8, 4) is 0 Å². The van der Waals surface area contributed by atoms with Gasteiger partial charge in [0.25, 0.3) is 5.56 Å². The molecule has 0 aromatic carbocycles. The molecule has 0 amide bonds. The number of H-pyrrole nitrogens is 1.